The van der Waals surface area contributed by atoms with Crippen molar-refractivity contribution in [2.75, 3.05) is 0 Å². The van der Waals surface area contributed by atoms with E-state index >= 15 is 0 Å². The van der Waals surface area contributed by atoms with E-state index in [1.54, 1.807) is 24.3 Å². The summed E-state index contributed by atoms with van der Waals surface area (Å²) >= 11 is 0. The molecule has 0 unspecified atom stereocenters. The molecule has 0 aliphatic rings. The second-order valence-corrected chi connectivity index (χ2v) is 4.10. The van der Waals surface area contributed by atoms with Crippen LogP contribution in [0.4, 0.5) is 0 Å². The monoisotopic (exact) mass is 260 g/mol. The number of allylic oxidation sites excluding steroid dienone is 1. The Labute approximate surface area is 118 Å². The highest BCUT2D eigenvalue weighted by Gasteiger charge is 2.11. The zero-order chi connectivity index (χ0) is 14.4. The van der Waals surface area contributed by atoms with Gasteiger partial charge in [-0.1, -0.05) is 30.3 Å². The fourth-order valence-corrected chi connectivity index (χ4v) is 1.87. The molecule has 0 N–H and O–H groups in total. The van der Waals surface area contributed by atoms with Gasteiger partial charge in [0.1, 0.15) is 29.2 Å². The summed E-state index contributed by atoms with van der Waals surface area (Å²) in [4.78, 5) is 0. The van der Waals surface area contributed by atoms with Gasteiger partial charge in [-0.15, -0.1) is 6.58 Å². The van der Waals surface area contributed by atoms with Crippen LogP contribution in [0, 0.1) is 22.7 Å². The van der Waals surface area contributed by atoms with Gasteiger partial charge < -0.3 is 4.74 Å². The van der Waals surface area contributed by atoms with E-state index < -0.39 is 0 Å². The van der Waals surface area contributed by atoms with Crippen LogP contribution >= 0.6 is 0 Å². The Morgan fingerprint density at radius 3 is 2.45 bits per heavy atom. The number of nitrogens with zero attached hydrogens (tertiary/aromatic N) is 2. The second kappa shape index (κ2) is 6.22. The van der Waals surface area contributed by atoms with Crippen molar-refractivity contribution in [3.8, 4) is 23.6 Å². The van der Waals surface area contributed by atoms with Gasteiger partial charge >= 0.3 is 0 Å². The summed E-state index contributed by atoms with van der Waals surface area (Å²) in [6.07, 6.45) is 2.47. The molecular formula is C17H12N2O. The molecule has 0 fully saturated rings. The van der Waals surface area contributed by atoms with Crippen molar-refractivity contribution in [2.24, 2.45) is 0 Å². The predicted octanol–water partition coefficient (Wildman–Crippen LogP) is 3.95. The zero-order valence-corrected chi connectivity index (χ0v) is 10.8. The van der Waals surface area contributed by atoms with Gasteiger partial charge in [0.25, 0.3) is 0 Å². The second-order valence-electron chi connectivity index (χ2n) is 4.10. The molecule has 3 nitrogen and oxygen atoms in total. The molecule has 2 rings (SSSR count). The smallest absolute Gasteiger partial charge is 0.146 e. The molecule has 0 saturated heterocycles. The summed E-state index contributed by atoms with van der Waals surface area (Å²) in [5, 5.41) is 18.2. The van der Waals surface area contributed by atoms with Crippen molar-refractivity contribution in [2.45, 2.75) is 6.42 Å². The number of para-hydroxylation sites is 1. The molecule has 0 amide bonds. The maximum Gasteiger partial charge on any atom is 0.146 e. The number of benzene rings is 2. The molecule has 0 radical (unpaired) electrons. The van der Waals surface area contributed by atoms with Crippen LogP contribution in [0.15, 0.2) is 55.1 Å². The average molecular weight is 260 g/mol. The van der Waals surface area contributed by atoms with Crippen molar-refractivity contribution >= 4 is 0 Å². The summed E-state index contributed by atoms with van der Waals surface area (Å²) in [6, 6.07) is 16.6. The quantitative estimate of drug-likeness (QED) is 0.782. The van der Waals surface area contributed by atoms with Crippen LogP contribution in [0.2, 0.25) is 0 Å². The van der Waals surface area contributed by atoms with Gasteiger partial charge in [0.05, 0.1) is 5.56 Å². The van der Waals surface area contributed by atoms with E-state index in [4.69, 9.17) is 10.00 Å². The first-order valence-electron chi connectivity index (χ1n) is 6.10. The average Bonchev–Trinajstić information content (AvgIpc) is 2.49. The maximum absolute atomic E-state index is 9.18. The number of ether oxygens (including phenoxy) is 1. The van der Waals surface area contributed by atoms with E-state index in [1.165, 1.54) is 0 Å². The highest BCUT2D eigenvalue weighted by molar-refractivity contribution is 5.55. The number of nitriles is 2. The summed E-state index contributed by atoms with van der Waals surface area (Å²) in [7, 11) is 0. The number of hydrogen-bond donors (Lipinski definition) is 0. The fourth-order valence-electron chi connectivity index (χ4n) is 1.87. The molecule has 0 spiro atoms. The minimum absolute atomic E-state index is 0.253. The fraction of sp³-hybridized carbons (Fsp3) is 0.0588. The van der Waals surface area contributed by atoms with Crippen molar-refractivity contribution in [3.63, 3.8) is 0 Å². The lowest BCUT2D eigenvalue weighted by atomic mass is 10.1. The minimum Gasteiger partial charge on any atom is -0.456 e. The molecule has 2 aromatic rings. The predicted molar refractivity (Wildman–Crippen MR) is 76.3 cm³/mol. The molecule has 96 valence electrons. The van der Waals surface area contributed by atoms with Crippen molar-refractivity contribution < 1.29 is 4.74 Å². The molecule has 3 heteroatoms. The molecule has 0 atom stereocenters. The van der Waals surface area contributed by atoms with Crippen LogP contribution < -0.4 is 4.74 Å². The van der Waals surface area contributed by atoms with Crippen molar-refractivity contribution in [1.82, 2.24) is 0 Å². The maximum atomic E-state index is 9.18. The molecule has 0 aliphatic heterocycles. The van der Waals surface area contributed by atoms with Gasteiger partial charge in [0, 0.05) is 0 Å². The Morgan fingerprint density at radius 2 is 1.75 bits per heavy atom. The normalized spacial score (nSPS) is 9.30. The van der Waals surface area contributed by atoms with Gasteiger partial charge in [-0.25, -0.2) is 0 Å². The minimum atomic E-state index is 0.253. The zero-order valence-electron chi connectivity index (χ0n) is 10.8. The molecular weight excluding hydrogens is 248 g/mol. The van der Waals surface area contributed by atoms with Crippen LogP contribution in [0.3, 0.4) is 0 Å². The Bertz CT molecular complexity index is 721. The van der Waals surface area contributed by atoms with Crippen LogP contribution in [0.5, 0.6) is 11.5 Å². The number of hydrogen-bond acceptors (Lipinski definition) is 3. The molecule has 0 heterocycles. The third-order valence-corrected chi connectivity index (χ3v) is 2.82. The van der Waals surface area contributed by atoms with E-state index in [0.717, 1.165) is 5.56 Å². The summed E-state index contributed by atoms with van der Waals surface area (Å²) in [5.74, 6) is 1.06. The first kappa shape index (κ1) is 13.4. The van der Waals surface area contributed by atoms with Crippen LogP contribution in [-0.4, -0.2) is 0 Å². The van der Waals surface area contributed by atoms with Gasteiger partial charge in [-0.2, -0.15) is 10.5 Å². The largest absolute Gasteiger partial charge is 0.456 e. The van der Waals surface area contributed by atoms with Crippen molar-refractivity contribution in [3.05, 3.63) is 71.8 Å². The Balaban J connectivity index is 2.44. The lowest BCUT2D eigenvalue weighted by Gasteiger charge is -2.11. The Morgan fingerprint density at radius 1 is 1.00 bits per heavy atom. The SMILES string of the molecule is C=CCc1ccccc1Oc1cccc(C#N)c1C#N. The number of rotatable bonds is 4. The van der Waals surface area contributed by atoms with E-state index in [2.05, 4.69) is 6.58 Å². The van der Waals surface area contributed by atoms with Crippen LogP contribution in [0.25, 0.3) is 0 Å². The van der Waals surface area contributed by atoms with E-state index in [0.29, 0.717) is 23.5 Å². The van der Waals surface area contributed by atoms with E-state index in [-0.39, 0.29) is 5.56 Å². The topological polar surface area (TPSA) is 56.8 Å². The third-order valence-electron chi connectivity index (χ3n) is 2.82. The first-order chi connectivity index (χ1) is 9.80. The summed E-state index contributed by atoms with van der Waals surface area (Å²) < 4.78 is 5.81. The summed E-state index contributed by atoms with van der Waals surface area (Å²) in [5.41, 5.74) is 1.54. The van der Waals surface area contributed by atoms with Gasteiger partial charge in [0.15, 0.2) is 0 Å². The van der Waals surface area contributed by atoms with Gasteiger partial charge in [-0.05, 0) is 30.2 Å². The van der Waals surface area contributed by atoms with Crippen molar-refractivity contribution in [1.29, 1.82) is 10.5 Å². The Kier molecular flexibility index (Phi) is 4.17. The lowest BCUT2D eigenvalue weighted by molar-refractivity contribution is 0.476. The summed E-state index contributed by atoms with van der Waals surface area (Å²) in [6.45, 7) is 3.71. The van der Waals surface area contributed by atoms with Gasteiger partial charge in [-0.3, -0.25) is 0 Å². The molecule has 0 saturated carbocycles. The highest BCUT2D eigenvalue weighted by Crippen LogP contribution is 2.29. The van der Waals surface area contributed by atoms with E-state index in [9.17, 15) is 5.26 Å². The standard InChI is InChI=1S/C17H12N2O/c1-2-6-13-7-3-4-9-16(13)20-17-10-5-8-14(11-18)15(17)12-19/h2-5,7-10H,1,6H2. The highest BCUT2D eigenvalue weighted by atomic mass is 16.5. The van der Waals surface area contributed by atoms with Gasteiger partial charge in [0.2, 0.25) is 0 Å². The molecule has 20 heavy (non-hydrogen) atoms. The van der Waals surface area contributed by atoms with Crippen LogP contribution in [-0.2, 0) is 6.42 Å². The Hall–Kier alpha value is -3.04. The lowest BCUT2D eigenvalue weighted by Crippen LogP contribution is -1.94. The molecule has 2 aromatic carbocycles. The van der Waals surface area contributed by atoms with E-state index in [1.807, 2.05) is 36.4 Å². The molecule has 0 bridgehead atoms. The third kappa shape index (κ3) is 2.68. The molecule has 0 aromatic heterocycles. The first-order valence-corrected chi connectivity index (χ1v) is 6.10. The van der Waals surface area contributed by atoms with Crippen LogP contribution in [0.1, 0.15) is 16.7 Å². The molecule has 0 aliphatic carbocycles.